The number of benzene rings is 1. The molecular weight excluding hydrogens is 254 g/mol. The molecule has 0 fully saturated rings. The summed E-state index contributed by atoms with van der Waals surface area (Å²) in [6.07, 6.45) is 2.44. The highest BCUT2D eigenvalue weighted by atomic mass is 16.5. The maximum atomic E-state index is 12.1. The summed E-state index contributed by atoms with van der Waals surface area (Å²) in [5.74, 6) is 0.819. The molecule has 1 aliphatic rings. The summed E-state index contributed by atoms with van der Waals surface area (Å²) in [6.45, 7) is 2.38. The van der Waals surface area contributed by atoms with Gasteiger partial charge in [0.15, 0.2) is 0 Å². The zero-order valence-corrected chi connectivity index (χ0v) is 11.6. The van der Waals surface area contributed by atoms with Crippen molar-refractivity contribution < 1.29 is 9.53 Å². The van der Waals surface area contributed by atoms with Gasteiger partial charge in [-0.2, -0.15) is 5.10 Å². The van der Waals surface area contributed by atoms with Crippen LogP contribution in [-0.4, -0.2) is 28.3 Å². The third-order valence-electron chi connectivity index (χ3n) is 3.68. The smallest absolute Gasteiger partial charge is 0.254 e. The van der Waals surface area contributed by atoms with Gasteiger partial charge in [-0.1, -0.05) is 18.2 Å². The molecule has 1 aliphatic heterocycles. The van der Waals surface area contributed by atoms with Gasteiger partial charge in [-0.15, -0.1) is 0 Å². The molecule has 3 rings (SSSR count). The summed E-state index contributed by atoms with van der Waals surface area (Å²) in [5.41, 5.74) is 2.67. The first-order valence-electron chi connectivity index (χ1n) is 6.66. The molecule has 20 heavy (non-hydrogen) atoms. The van der Waals surface area contributed by atoms with E-state index in [1.807, 2.05) is 32.2 Å². The van der Waals surface area contributed by atoms with Crippen LogP contribution in [0.2, 0.25) is 0 Å². The second-order valence-electron chi connectivity index (χ2n) is 5.03. The highest BCUT2D eigenvalue weighted by molar-refractivity contribution is 5.95. The lowest BCUT2D eigenvalue weighted by Gasteiger charge is -2.11. The molecule has 1 amide bonds. The Labute approximate surface area is 117 Å². The quantitative estimate of drug-likeness (QED) is 0.919. The van der Waals surface area contributed by atoms with Gasteiger partial charge in [0.25, 0.3) is 5.91 Å². The van der Waals surface area contributed by atoms with Gasteiger partial charge in [-0.05, 0) is 18.6 Å². The largest absolute Gasteiger partial charge is 0.488 e. The van der Waals surface area contributed by atoms with Gasteiger partial charge in [0.1, 0.15) is 11.9 Å². The number of hydrogen-bond acceptors (Lipinski definition) is 3. The highest BCUT2D eigenvalue weighted by Gasteiger charge is 2.23. The van der Waals surface area contributed by atoms with Crippen molar-refractivity contribution in [3.8, 4) is 5.75 Å². The summed E-state index contributed by atoms with van der Waals surface area (Å²) in [5, 5.41) is 6.99. The van der Waals surface area contributed by atoms with E-state index in [9.17, 15) is 4.79 Å². The van der Waals surface area contributed by atoms with Crippen molar-refractivity contribution in [2.24, 2.45) is 7.05 Å². The van der Waals surface area contributed by atoms with E-state index in [1.54, 1.807) is 10.9 Å². The van der Waals surface area contributed by atoms with Crippen LogP contribution in [0.15, 0.2) is 30.5 Å². The number of carbonyl (C=O) groups excluding carboxylic acids is 1. The number of aromatic nitrogens is 2. The van der Waals surface area contributed by atoms with Crippen LogP contribution in [0.1, 0.15) is 21.6 Å². The van der Waals surface area contributed by atoms with Crippen LogP contribution in [-0.2, 0) is 13.5 Å². The topological polar surface area (TPSA) is 56.1 Å². The van der Waals surface area contributed by atoms with E-state index in [-0.39, 0.29) is 12.0 Å². The molecule has 1 atom stereocenters. The Morgan fingerprint density at radius 1 is 1.50 bits per heavy atom. The standard InChI is InChI=1S/C15H17N3O2/c1-10-13(9-17-18(10)2)15(19)16-8-12-7-11-5-3-4-6-14(11)20-12/h3-6,9,12H,7-8H2,1-2H3,(H,16,19)/t12-/m1/s1. The molecule has 104 valence electrons. The van der Waals surface area contributed by atoms with Crippen molar-refractivity contribution in [2.45, 2.75) is 19.4 Å². The molecule has 5 nitrogen and oxygen atoms in total. The normalized spacial score (nSPS) is 16.6. The van der Waals surface area contributed by atoms with E-state index in [2.05, 4.69) is 16.5 Å². The van der Waals surface area contributed by atoms with E-state index in [0.717, 1.165) is 17.9 Å². The molecule has 1 aromatic heterocycles. The summed E-state index contributed by atoms with van der Waals surface area (Å²) in [7, 11) is 1.82. The second kappa shape index (κ2) is 5.00. The molecule has 0 bridgehead atoms. The van der Waals surface area contributed by atoms with E-state index < -0.39 is 0 Å². The number of ether oxygens (including phenoxy) is 1. The van der Waals surface area contributed by atoms with Crippen molar-refractivity contribution in [1.29, 1.82) is 0 Å². The Bertz CT molecular complexity index is 623. The first kappa shape index (κ1) is 12.7. The Balaban J connectivity index is 1.59. The molecule has 0 unspecified atom stereocenters. The molecule has 2 aromatic rings. The number of para-hydroxylation sites is 1. The average Bonchev–Trinajstić information content (AvgIpc) is 3.00. The molecule has 0 saturated carbocycles. The van der Waals surface area contributed by atoms with E-state index >= 15 is 0 Å². The lowest BCUT2D eigenvalue weighted by Crippen LogP contribution is -2.34. The monoisotopic (exact) mass is 271 g/mol. The molecule has 1 N–H and O–H groups in total. The van der Waals surface area contributed by atoms with E-state index in [0.29, 0.717) is 12.1 Å². The average molecular weight is 271 g/mol. The van der Waals surface area contributed by atoms with Crippen molar-refractivity contribution in [3.05, 3.63) is 47.3 Å². The van der Waals surface area contributed by atoms with Gasteiger partial charge in [-0.25, -0.2) is 0 Å². The van der Waals surface area contributed by atoms with Crippen LogP contribution in [0.3, 0.4) is 0 Å². The minimum Gasteiger partial charge on any atom is -0.488 e. The Kier molecular flexibility index (Phi) is 3.18. The lowest BCUT2D eigenvalue weighted by molar-refractivity contribution is 0.0933. The fraction of sp³-hybridized carbons (Fsp3) is 0.333. The Hall–Kier alpha value is -2.30. The number of nitrogens with zero attached hydrogens (tertiary/aromatic N) is 2. The van der Waals surface area contributed by atoms with Gasteiger partial charge >= 0.3 is 0 Å². The number of fused-ring (bicyclic) bond motifs is 1. The summed E-state index contributed by atoms with van der Waals surface area (Å²) >= 11 is 0. The molecule has 1 aromatic carbocycles. The van der Waals surface area contributed by atoms with Crippen LogP contribution < -0.4 is 10.1 Å². The van der Waals surface area contributed by atoms with Crippen molar-refractivity contribution in [3.63, 3.8) is 0 Å². The predicted molar refractivity (Wildman–Crippen MR) is 74.8 cm³/mol. The van der Waals surface area contributed by atoms with Crippen molar-refractivity contribution >= 4 is 5.91 Å². The first-order valence-corrected chi connectivity index (χ1v) is 6.66. The molecule has 5 heteroatoms. The number of rotatable bonds is 3. The fourth-order valence-corrected chi connectivity index (χ4v) is 2.39. The molecule has 0 spiro atoms. The second-order valence-corrected chi connectivity index (χ2v) is 5.03. The number of nitrogens with one attached hydrogen (secondary N) is 1. The summed E-state index contributed by atoms with van der Waals surface area (Å²) in [4.78, 5) is 12.1. The SMILES string of the molecule is Cc1c(C(=O)NC[C@H]2Cc3ccccc3O2)cnn1C. The third-order valence-corrected chi connectivity index (χ3v) is 3.68. The number of hydrogen-bond donors (Lipinski definition) is 1. The third kappa shape index (κ3) is 2.27. The van der Waals surface area contributed by atoms with E-state index in [4.69, 9.17) is 4.74 Å². The van der Waals surface area contributed by atoms with Gasteiger partial charge < -0.3 is 10.1 Å². The van der Waals surface area contributed by atoms with Crippen LogP contribution in [0.5, 0.6) is 5.75 Å². The summed E-state index contributed by atoms with van der Waals surface area (Å²) in [6, 6.07) is 7.98. The van der Waals surface area contributed by atoms with Crippen LogP contribution in [0.4, 0.5) is 0 Å². The minimum atomic E-state index is -0.102. The van der Waals surface area contributed by atoms with Crippen LogP contribution >= 0.6 is 0 Å². The van der Waals surface area contributed by atoms with Gasteiger partial charge in [0.2, 0.25) is 0 Å². The summed E-state index contributed by atoms with van der Waals surface area (Å²) < 4.78 is 7.48. The fourth-order valence-electron chi connectivity index (χ4n) is 2.39. The number of amides is 1. The maximum absolute atomic E-state index is 12.1. The first-order chi connectivity index (χ1) is 9.65. The van der Waals surface area contributed by atoms with Crippen LogP contribution in [0, 0.1) is 6.92 Å². The Morgan fingerprint density at radius 2 is 2.30 bits per heavy atom. The zero-order chi connectivity index (χ0) is 14.1. The van der Waals surface area contributed by atoms with Crippen molar-refractivity contribution in [2.75, 3.05) is 6.54 Å². The number of carbonyl (C=O) groups is 1. The zero-order valence-electron chi connectivity index (χ0n) is 11.6. The van der Waals surface area contributed by atoms with Crippen molar-refractivity contribution in [1.82, 2.24) is 15.1 Å². The molecule has 0 aliphatic carbocycles. The van der Waals surface area contributed by atoms with Gasteiger partial charge in [0, 0.05) is 19.2 Å². The van der Waals surface area contributed by atoms with Crippen LogP contribution in [0.25, 0.3) is 0 Å². The van der Waals surface area contributed by atoms with Gasteiger partial charge in [0.05, 0.1) is 18.3 Å². The molecule has 0 saturated heterocycles. The molecular formula is C15H17N3O2. The predicted octanol–water partition coefficient (Wildman–Crippen LogP) is 1.46. The minimum absolute atomic E-state index is 0.00771. The molecule has 2 heterocycles. The van der Waals surface area contributed by atoms with E-state index in [1.165, 1.54) is 5.56 Å². The lowest BCUT2D eigenvalue weighted by atomic mass is 10.1. The van der Waals surface area contributed by atoms with Gasteiger partial charge in [-0.3, -0.25) is 9.48 Å². The Morgan fingerprint density at radius 3 is 3.00 bits per heavy atom. The maximum Gasteiger partial charge on any atom is 0.254 e. The number of aryl methyl sites for hydroxylation is 1. The molecule has 0 radical (unpaired) electrons. The highest BCUT2D eigenvalue weighted by Crippen LogP contribution is 2.27.